The highest BCUT2D eigenvalue weighted by molar-refractivity contribution is 5.73. The first-order valence-corrected chi connectivity index (χ1v) is 12.9. The van der Waals surface area contributed by atoms with Crippen LogP contribution in [0.1, 0.15) is 37.1 Å². The standard InChI is InChI=1S/C25H37N5O8/c1-29-25(27-18(28-29)15-37-24-21(33)19(31)20(32)22(38-24)23(34)35)26-9-6-12-36-17-8-5-7-16(13-17)14-30-10-3-2-4-11-30/h5,7-8,13,19-22,24,31-33H,2-4,6,9-12,14-15H2,1H3,(H,34,35)(H,26,27,28)/t19-,20-,21+,22-,24+/m0/s1. The van der Waals surface area contributed by atoms with Gasteiger partial charge in [-0.3, -0.25) is 4.90 Å². The van der Waals surface area contributed by atoms with E-state index in [0.717, 1.165) is 31.8 Å². The van der Waals surface area contributed by atoms with Gasteiger partial charge in [-0.05, 0) is 50.0 Å². The molecule has 0 bridgehead atoms. The molecule has 4 rings (SSSR count). The van der Waals surface area contributed by atoms with Crippen LogP contribution >= 0.6 is 0 Å². The van der Waals surface area contributed by atoms with Crippen LogP contribution in [-0.2, 0) is 34.5 Å². The SMILES string of the molecule is Cn1nc(CO[C@@H]2O[C@H](C(=O)O)[C@@H](O)[C@H](O)[C@H]2O)nc1NCCCOc1cccc(CN2CCCCC2)c1. The first kappa shape index (κ1) is 28.2. The molecule has 2 aliphatic heterocycles. The molecule has 13 nitrogen and oxygen atoms in total. The monoisotopic (exact) mass is 535 g/mol. The minimum atomic E-state index is -1.78. The molecule has 0 aliphatic carbocycles. The predicted molar refractivity (Wildman–Crippen MR) is 134 cm³/mol. The van der Waals surface area contributed by atoms with E-state index in [4.69, 9.17) is 19.3 Å². The Balaban J connectivity index is 1.18. The quantitative estimate of drug-likeness (QED) is 0.232. The number of hydrogen-bond donors (Lipinski definition) is 5. The molecule has 38 heavy (non-hydrogen) atoms. The number of ether oxygens (including phenoxy) is 3. The zero-order valence-electron chi connectivity index (χ0n) is 21.5. The number of benzene rings is 1. The van der Waals surface area contributed by atoms with Crippen molar-refractivity contribution in [3.8, 4) is 5.75 Å². The number of aromatic nitrogens is 3. The lowest BCUT2D eigenvalue weighted by Gasteiger charge is -2.38. The maximum Gasteiger partial charge on any atom is 0.335 e. The first-order chi connectivity index (χ1) is 18.3. The van der Waals surface area contributed by atoms with Crippen molar-refractivity contribution >= 4 is 11.9 Å². The number of piperidine rings is 1. The van der Waals surface area contributed by atoms with Gasteiger partial charge in [0, 0.05) is 20.1 Å². The highest BCUT2D eigenvalue weighted by Crippen LogP contribution is 2.23. The van der Waals surface area contributed by atoms with Crippen molar-refractivity contribution in [1.29, 1.82) is 0 Å². The normalized spacial score (nSPS) is 26.3. The third kappa shape index (κ3) is 7.40. The van der Waals surface area contributed by atoms with Crippen LogP contribution in [0.4, 0.5) is 5.95 Å². The molecular formula is C25H37N5O8. The van der Waals surface area contributed by atoms with E-state index in [-0.39, 0.29) is 12.4 Å². The van der Waals surface area contributed by atoms with Crippen molar-refractivity contribution in [2.45, 2.75) is 69.5 Å². The van der Waals surface area contributed by atoms with E-state index in [2.05, 4.69) is 32.4 Å². The summed E-state index contributed by atoms with van der Waals surface area (Å²) >= 11 is 0. The minimum Gasteiger partial charge on any atom is -0.494 e. The van der Waals surface area contributed by atoms with Crippen molar-refractivity contribution in [2.24, 2.45) is 7.05 Å². The van der Waals surface area contributed by atoms with E-state index >= 15 is 0 Å². The van der Waals surface area contributed by atoms with Crippen LogP contribution in [0.15, 0.2) is 24.3 Å². The molecule has 1 aromatic heterocycles. The number of carboxylic acid groups (broad SMARTS) is 1. The molecule has 0 amide bonds. The number of nitrogens with zero attached hydrogens (tertiary/aromatic N) is 4. The molecule has 3 heterocycles. The van der Waals surface area contributed by atoms with Crippen LogP contribution in [0.3, 0.4) is 0 Å². The van der Waals surface area contributed by atoms with Crippen LogP contribution in [0.5, 0.6) is 5.75 Å². The number of carboxylic acids is 1. The molecular weight excluding hydrogens is 498 g/mol. The van der Waals surface area contributed by atoms with Gasteiger partial charge in [-0.2, -0.15) is 10.1 Å². The van der Waals surface area contributed by atoms with Gasteiger partial charge in [-0.25, -0.2) is 9.48 Å². The zero-order valence-corrected chi connectivity index (χ0v) is 21.5. The maximum absolute atomic E-state index is 11.2. The highest BCUT2D eigenvalue weighted by Gasteiger charge is 2.47. The summed E-state index contributed by atoms with van der Waals surface area (Å²) in [6.07, 6.45) is -3.75. The lowest BCUT2D eigenvalue weighted by atomic mass is 9.99. The Bertz CT molecular complexity index is 1050. The Morgan fingerprint density at radius 2 is 1.95 bits per heavy atom. The summed E-state index contributed by atoms with van der Waals surface area (Å²) in [5.74, 6) is 0.136. The van der Waals surface area contributed by atoms with Gasteiger partial charge in [0.25, 0.3) is 0 Å². The molecule has 0 spiro atoms. The number of nitrogens with one attached hydrogen (secondary N) is 1. The summed E-state index contributed by atoms with van der Waals surface area (Å²) in [7, 11) is 1.70. The number of carbonyl (C=O) groups is 1. The molecule has 2 saturated heterocycles. The summed E-state index contributed by atoms with van der Waals surface area (Å²) in [5.41, 5.74) is 1.26. The molecule has 13 heteroatoms. The van der Waals surface area contributed by atoms with Crippen LogP contribution in [-0.4, -0.2) is 103 Å². The Morgan fingerprint density at radius 1 is 1.16 bits per heavy atom. The van der Waals surface area contributed by atoms with Crippen molar-refractivity contribution in [2.75, 3.05) is 31.6 Å². The lowest BCUT2D eigenvalue weighted by Crippen LogP contribution is -2.60. The molecule has 2 fully saturated rings. The summed E-state index contributed by atoms with van der Waals surface area (Å²) in [4.78, 5) is 18.0. The Labute approximate surface area is 220 Å². The van der Waals surface area contributed by atoms with Gasteiger partial charge >= 0.3 is 5.97 Å². The number of aryl methyl sites for hydroxylation is 1. The average Bonchev–Trinajstić information content (AvgIpc) is 3.26. The van der Waals surface area contributed by atoms with Gasteiger partial charge in [0.15, 0.2) is 18.2 Å². The average molecular weight is 536 g/mol. The van der Waals surface area contributed by atoms with Crippen molar-refractivity contribution in [3.05, 3.63) is 35.7 Å². The number of anilines is 1. The minimum absolute atomic E-state index is 0.205. The van der Waals surface area contributed by atoms with E-state index in [0.29, 0.717) is 19.1 Å². The van der Waals surface area contributed by atoms with Crippen LogP contribution in [0, 0.1) is 0 Å². The number of aliphatic carboxylic acids is 1. The van der Waals surface area contributed by atoms with Gasteiger partial charge in [0.05, 0.1) is 6.61 Å². The second-order valence-corrected chi connectivity index (χ2v) is 9.63. The number of rotatable bonds is 12. The van der Waals surface area contributed by atoms with E-state index in [1.165, 1.54) is 29.5 Å². The van der Waals surface area contributed by atoms with Crippen molar-refractivity contribution in [1.82, 2.24) is 19.7 Å². The molecule has 5 atom stereocenters. The van der Waals surface area contributed by atoms with Crippen LogP contribution < -0.4 is 10.1 Å². The molecule has 1 aromatic carbocycles. The van der Waals surface area contributed by atoms with E-state index in [9.17, 15) is 20.1 Å². The summed E-state index contributed by atoms with van der Waals surface area (Å²) < 4.78 is 18.0. The zero-order chi connectivity index (χ0) is 27.1. The molecule has 2 aliphatic rings. The van der Waals surface area contributed by atoms with Gasteiger partial charge in [-0.15, -0.1) is 0 Å². The fourth-order valence-electron chi connectivity index (χ4n) is 4.57. The predicted octanol–water partition coefficient (Wildman–Crippen LogP) is 0.0908. The number of aliphatic hydroxyl groups excluding tert-OH is 3. The second kappa shape index (κ2) is 13.3. The Kier molecular flexibility index (Phi) is 9.88. The smallest absolute Gasteiger partial charge is 0.335 e. The van der Waals surface area contributed by atoms with Crippen molar-refractivity contribution < 1.29 is 39.4 Å². The maximum atomic E-state index is 11.2. The first-order valence-electron chi connectivity index (χ1n) is 12.9. The Hall–Kier alpha value is -2.81. The van der Waals surface area contributed by atoms with Gasteiger partial charge in [-0.1, -0.05) is 18.6 Å². The van der Waals surface area contributed by atoms with Gasteiger partial charge in [0.1, 0.15) is 30.7 Å². The summed E-state index contributed by atoms with van der Waals surface area (Å²) in [6, 6.07) is 8.23. The fourth-order valence-corrected chi connectivity index (χ4v) is 4.57. The second-order valence-electron chi connectivity index (χ2n) is 9.63. The fraction of sp³-hybridized carbons (Fsp3) is 0.640. The number of likely N-dealkylation sites (tertiary alicyclic amines) is 1. The molecule has 2 aromatic rings. The molecule has 0 unspecified atom stereocenters. The topological polar surface area (TPSA) is 172 Å². The third-order valence-corrected chi connectivity index (χ3v) is 6.62. The summed E-state index contributed by atoms with van der Waals surface area (Å²) in [6.45, 7) is 4.18. The van der Waals surface area contributed by atoms with Crippen molar-refractivity contribution in [3.63, 3.8) is 0 Å². The van der Waals surface area contributed by atoms with E-state index < -0.39 is 36.7 Å². The Morgan fingerprint density at radius 3 is 2.71 bits per heavy atom. The van der Waals surface area contributed by atoms with Crippen LogP contribution in [0.25, 0.3) is 0 Å². The van der Waals surface area contributed by atoms with Gasteiger partial charge in [0.2, 0.25) is 5.95 Å². The molecule has 210 valence electrons. The largest absolute Gasteiger partial charge is 0.494 e. The third-order valence-electron chi connectivity index (χ3n) is 6.62. The molecule has 0 saturated carbocycles. The highest BCUT2D eigenvalue weighted by atomic mass is 16.7. The molecule has 5 N–H and O–H groups in total. The van der Waals surface area contributed by atoms with E-state index in [1.54, 1.807) is 7.05 Å². The lowest BCUT2D eigenvalue weighted by molar-refractivity contribution is -0.297. The van der Waals surface area contributed by atoms with E-state index in [1.807, 2.05) is 12.1 Å². The summed E-state index contributed by atoms with van der Waals surface area (Å²) in [5, 5.41) is 46.3. The number of hydrogen-bond acceptors (Lipinski definition) is 11. The van der Waals surface area contributed by atoms with Gasteiger partial charge < -0.3 is 40.0 Å². The van der Waals surface area contributed by atoms with Crippen LogP contribution in [0.2, 0.25) is 0 Å². The number of aliphatic hydroxyl groups is 3. The molecule has 0 radical (unpaired) electrons.